The monoisotopic (exact) mass is 258 g/mol. The van der Waals surface area contributed by atoms with E-state index in [1.54, 1.807) is 0 Å². The summed E-state index contributed by atoms with van der Waals surface area (Å²) in [4.78, 5) is 14.2. The molecule has 0 unspecified atom stereocenters. The van der Waals surface area contributed by atoms with E-state index in [9.17, 15) is 4.79 Å². The molecule has 0 amide bonds. The molecular formula is C15H18N2O2. The van der Waals surface area contributed by atoms with Crippen molar-refractivity contribution in [2.24, 2.45) is 0 Å². The van der Waals surface area contributed by atoms with Crippen molar-refractivity contribution in [2.75, 3.05) is 14.2 Å². The maximum Gasteiger partial charge on any atom is 0.340 e. The Morgan fingerprint density at radius 1 is 1.32 bits per heavy atom. The first-order chi connectivity index (χ1) is 9.13. The van der Waals surface area contributed by atoms with Crippen LogP contribution in [0, 0.1) is 0 Å². The first kappa shape index (κ1) is 12.2. The van der Waals surface area contributed by atoms with Gasteiger partial charge in [-0.3, -0.25) is 4.90 Å². The van der Waals surface area contributed by atoms with Crippen molar-refractivity contribution in [2.45, 2.75) is 26.6 Å². The van der Waals surface area contributed by atoms with E-state index in [0.29, 0.717) is 5.56 Å². The summed E-state index contributed by atoms with van der Waals surface area (Å²) < 4.78 is 6.99. The SMILES string of the molecule is CCn1cc(C(=O)OC)c2cc3c(cc21)CN(C)C3. The van der Waals surface area contributed by atoms with Crippen molar-refractivity contribution in [3.8, 4) is 0 Å². The van der Waals surface area contributed by atoms with E-state index in [1.807, 2.05) is 6.20 Å². The largest absolute Gasteiger partial charge is 0.465 e. The summed E-state index contributed by atoms with van der Waals surface area (Å²) in [5.41, 5.74) is 4.46. The molecule has 2 heterocycles. The third kappa shape index (κ3) is 1.83. The van der Waals surface area contributed by atoms with E-state index in [4.69, 9.17) is 4.74 Å². The molecule has 2 aromatic rings. The third-order valence-corrected chi connectivity index (χ3v) is 3.83. The summed E-state index contributed by atoms with van der Waals surface area (Å²) in [6.45, 7) is 4.86. The highest BCUT2D eigenvalue weighted by molar-refractivity contribution is 6.04. The number of nitrogens with zero attached hydrogens (tertiary/aromatic N) is 2. The van der Waals surface area contributed by atoms with E-state index < -0.39 is 0 Å². The van der Waals surface area contributed by atoms with Crippen molar-refractivity contribution >= 4 is 16.9 Å². The molecule has 1 aromatic heterocycles. The number of carbonyl (C=O) groups excluding carboxylic acids is 1. The maximum absolute atomic E-state index is 11.9. The fraction of sp³-hybridized carbons (Fsp3) is 0.400. The van der Waals surface area contributed by atoms with Gasteiger partial charge in [0.2, 0.25) is 0 Å². The van der Waals surface area contributed by atoms with Gasteiger partial charge in [-0.1, -0.05) is 0 Å². The van der Waals surface area contributed by atoms with Crippen LogP contribution >= 0.6 is 0 Å². The number of ether oxygens (including phenoxy) is 1. The van der Waals surface area contributed by atoms with Crippen molar-refractivity contribution in [3.05, 3.63) is 35.0 Å². The molecule has 0 saturated heterocycles. The van der Waals surface area contributed by atoms with Gasteiger partial charge < -0.3 is 9.30 Å². The Morgan fingerprint density at radius 2 is 2.00 bits per heavy atom. The van der Waals surface area contributed by atoms with Gasteiger partial charge in [0.25, 0.3) is 0 Å². The molecule has 0 radical (unpaired) electrons. The number of carbonyl (C=O) groups is 1. The van der Waals surface area contributed by atoms with Crippen LogP contribution in [0.5, 0.6) is 0 Å². The molecule has 0 fully saturated rings. The minimum atomic E-state index is -0.261. The molecule has 0 aliphatic carbocycles. The number of hydrogen-bond acceptors (Lipinski definition) is 3. The smallest absolute Gasteiger partial charge is 0.340 e. The summed E-state index contributed by atoms with van der Waals surface area (Å²) in [6.07, 6.45) is 1.90. The van der Waals surface area contributed by atoms with Gasteiger partial charge in [-0.2, -0.15) is 0 Å². The molecule has 0 spiro atoms. The quantitative estimate of drug-likeness (QED) is 0.776. The fourth-order valence-corrected chi connectivity index (χ4v) is 2.89. The van der Waals surface area contributed by atoms with Gasteiger partial charge >= 0.3 is 5.97 Å². The van der Waals surface area contributed by atoms with E-state index in [0.717, 1.165) is 30.5 Å². The van der Waals surface area contributed by atoms with Crippen LogP contribution in [0.1, 0.15) is 28.4 Å². The van der Waals surface area contributed by atoms with Crippen LogP contribution in [0.3, 0.4) is 0 Å². The predicted molar refractivity (Wildman–Crippen MR) is 74.1 cm³/mol. The number of aromatic nitrogens is 1. The molecule has 0 saturated carbocycles. The zero-order valence-corrected chi connectivity index (χ0v) is 11.6. The summed E-state index contributed by atoms with van der Waals surface area (Å²) in [5, 5.41) is 1.00. The van der Waals surface area contributed by atoms with Crippen LogP contribution in [0.15, 0.2) is 18.3 Å². The Kier molecular flexibility index (Phi) is 2.82. The van der Waals surface area contributed by atoms with Gasteiger partial charge in [0.05, 0.1) is 12.7 Å². The van der Waals surface area contributed by atoms with Crippen molar-refractivity contribution < 1.29 is 9.53 Å². The molecule has 4 nitrogen and oxygen atoms in total. The lowest BCUT2D eigenvalue weighted by Crippen LogP contribution is -2.07. The van der Waals surface area contributed by atoms with Crippen LogP contribution in [0.4, 0.5) is 0 Å². The standard InChI is InChI=1S/C15H18N2O2/c1-4-17-9-13(15(18)19-3)12-5-10-7-16(2)8-11(10)6-14(12)17/h5-6,9H,4,7-8H2,1-3H3. The Balaban J connectivity index is 2.25. The van der Waals surface area contributed by atoms with Crippen LogP contribution in [0.2, 0.25) is 0 Å². The number of esters is 1. The minimum absolute atomic E-state index is 0.261. The first-order valence-electron chi connectivity index (χ1n) is 6.55. The first-order valence-corrected chi connectivity index (χ1v) is 6.55. The van der Waals surface area contributed by atoms with E-state index in [1.165, 1.54) is 18.2 Å². The number of aryl methyl sites for hydroxylation is 1. The van der Waals surface area contributed by atoms with Crippen molar-refractivity contribution in [1.29, 1.82) is 0 Å². The Labute approximate surface area is 112 Å². The van der Waals surface area contributed by atoms with Gasteiger partial charge in [-0.15, -0.1) is 0 Å². The number of methoxy groups -OCH3 is 1. The topological polar surface area (TPSA) is 34.5 Å². The lowest BCUT2D eigenvalue weighted by atomic mass is 10.1. The van der Waals surface area contributed by atoms with E-state index in [2.05, 4.69) is 35.6 Å². The lowest BCUT2D eigenvalue weighted by molar-refractivity contribution is 0.0603. The number of benzene rings is 1. The second-order valence-electron chi connectivity index (χ2n) is 5.13. The highest BCUT2D eigenvalue weighted by atomic mass is 16.5. The van der Waals surface area contributed by atoms with Crippen LogP contribution in [-0.4, -0.2) is 29.6 Å². The molecular weight excluding hydrogens is 240 g/mol. The predicted octanol–water partition coefficient (Wildman–Crippen LogP) is 2.39. The highest BCUT2D eigenvalue weighted by Gasteiger charge is 2.21. The fourth-order valence-electron chi connectivity index (χ4n) is 2.89. The number of fused-ring (bicyclic) bond motifs is 2. The number of hydrogen-bond donors (Lipinski definition) is 0. The van der Waals surface area contributed by atoms with Crippen LogP contribution in [-0.2, 0) is 24.4 Å². The van der Waals surface area contributed by atoms with E-state index >= 15 is 0 Å². The molecule has 100 valence electrons. The zero-order chi connectivity index (χ0) is 13.6. The molecule has 1 aromatic carbocycles. The second-order valence-corrected chi connectivity index (χ2v) is 5.13. The van der Waals surface area contributed by atoms with Crippen LogP contribution in [0.25, 0.3) is 10.9 Å². The lowest BCUT2D eigenvalue weighted by Gasteiger charge is -2.03. The highest BCUT2D eigenvalue weighted by Crippen LogP contribution is 2.30. The van der Waals surface area contributed by atoms with Crippen molar-refractivity contribution in [3.63, 3.8) is 0 Å². The molecule has 0 bridgehead atoms. The molecule has 3 rings (SSSR count). The number of rotatable bonds is 2. The Hall–Kier alpha value is -1.81. The average Bonchev–Trinajstić information content (AvgIpc) is 2.93. The minimum Gasteiger partial charge on any atom is -0.465 e. The summed E-state index contributed by atoms with van der Waals surface area (Å²) in [7, 11) is 3.54. The van der Waals surface area contributed by atoms with E-state index in [-0.39, 0.29) is 5.97 Å². The summed E-state index contributed by atoms with van der Waals surface area (Å²) >= 11 is 0. The van der Waals surface area contributed by atoms with Gasteiger partial charge in [-0.25, -0.2) is 4.79 Å². The van der Waals surface area contributed by atoms with Gasteiger partial charge in [0.15, 0.2) is 0 Å². The van der Waals surface area contributed by atoms with Crippen molar-refractivity contribution in [1.82, 2.24) is 9.47 Å². The molecule has 19 heavy (non-hydrogen) atoms. The summed E-state index contributed by atoms with van der Waals surface area (Å²) in [5.74, 6) is -0.261. The Bertz CT molecular complexity index is 658. The molecule has 0 atom stereocenters. The third-order valence-electron chi connectivity index (χ3n) is 3.83. The normalized spacial score (nSPS) is 14.9. The van der Waals surface area contributed by atoms with Gasteiger partial charge in [0.1, 0.15) is 0 Å². The summed E-state index contributed by atoms with van der Waals surface area (Å²) in [6, 6.07) is 4.36. The zero-order valence-electron chi connectivity index (χ0n) is 11.6. The molecule has 1 aliphatic rings. The van der Waals surface area contributed by atoms with Crippen LogP contribution < -0.4 is 0 Å². The molecule has 1 aliphatic heterocycles. The second kappa shape index (κ2) is 4.38. The molecule has 4 heteroatoms. The Morgan fingerprint density at radius 3 is 2.63 bits per heavy atom. The maximum atomic E-state index is 11.9. The average molecular weight is 258 g/mol. The molecule has 0 N–H and O–H groups in total. The van der Waals surface area contributed by atoms with Gasteiger partial charge in [-0.05, 0) is 37.2 Å². The van der Waals surface area contributed by atoms with Gasteiger partial charge in [0, 0.05) is 36.7 Å².